The molecule has 2 aliphatic heterocycles. The Kier molecular flexibility index (Phi) is 6.48. The predicted molar refractivity (Wildman–Crippen MR) is 123 cm³/mol. The fourth-order valence-corrected chi connectivity index (χ4v) is 5.51. The molecule has 2 aliphatic rings. The molecule has 0 aliphatic carbocycles. The number of carbonyl (C=O) groups excluding carboxylic acids is 2. The number of amides is 2. The Morgan fingerprint density at radius 3 is 2.09 bits per heavy atom. The molecule has 2 heterocycles. The van der Waals surface area contributed by atoms with Gasteiger partial charge in [0.2, 0.25) is 10.0 Å². The second kappa shape index (κ2) is 9.30. The average Bonchev–Trinajstić information content (AvgIpc) is 3.17. The number of likely N-dealkylation sites (N-methyl/N-ethyl adjacent to an activating group) is 1. The van der Waals surface area contributed by atoms with Crippen molar-refractivity contribution in [3.63, 3.8) is 0 Å². The fraction of sp³-hybridized carbons (Fsp3) is 0.391. The first-order valence-electron chi connectivity index (χ1n) is 10.8. The summed E-state index contributed by atoms with van der Waals surface area (Å²) in [5.74, 6) is -0.0400. The van der Waals surface area contributed by atoms with Gasteiger partial charge in [-0.15, -0.1) is 0 Å². The van der Waals surface area contributed by atoms with Crippen molar-refractivity contribution in [2.75, 3.05) is 49.8 Å². The van der Waals surface area contributed by atoms with Crippen LogP contribution >= 0.6 is 0 Å². The molecule has 0 bridgehead atoms. The van der Waals surface area contributed by atoms with Crippen LogP contribution in [0.5, 0.6) is 0 Å². The van der Waals surface area contributed by atoms with Gasteiger partial charge in [-0.3, -0.25) is 13.9 Å². The van der Waals surface area contributed by atoms with Gasteiger partial charge < -0.3 is 15.1 Å². The summed E-state index contributed by atoms with van der Waals surface area (Å²) in [5, 5.41) is 2.87. The lowest BCUT2D eigenvalue weighted by Gasteiger charge is -2.32. The highest BCUT2D eigenvalue weighted by atomic mass is 32.2. The molecule has 1 N–H and O–H groups in total. The monoisotopic (exact) mass is 456 g/mol. The Morgan fingerprint density at radius 2 is 1.50 bits per heavy atom. The Labute approximate surface area is 188 Å². The summed E-state index contributed by atoms with van der Waals surface area (Å²) in [6, 6.07) is 13.9. The van der Waals surface area contributed by atoms with Crippen LogP contribution in [0.3, 0.4) is 0 Å². The number of rotatable bonds is 5. The highest BCUT2D eigenvalue weighted by molar-refractivity contribution is 7.93. The smallest absolute Gasteiger partial charge is 0.253 e. The van der Waals surface area contributed by atoms with E-state index in [1.54, 1.807) is 36.4 Å². The van der Waals surface area contributed by atoms with E-state index in [4.69, 9.17) is 0 Å². The predicted octanol–water partition coefficient (Wildman–Crippen LogP) is 1.54. The van der Waals surface area contributed by atoms with Crippen LogP contribution in [-0.2, 0) is 16.6 Å². The normalized spacial score (nSPS) is 18.5. The third kappa shape index (κ3) is 4.94. The standard InChI is InChI=1S/C23H28N4O4S/c1-25-12-14-26(15-13-25)23(29)20-5-3-18(4-6-20)17-24-22(28)19-7-9-21(10-8-19)27-11-2-16-32(27,30)31/h3-10H,2,11-17H2,1H3,(H,24,28). The van der Waals surface area contributed by atoms with Gasteiger partial charge in [0.15, 0.2) is 0 Å². The first-order chi connectivity index (χ1) is 15.3. The molecule has 0 spiro atoms. The zero-order valence-corrected chi connectivity index (χ0v) is 19.0. The minimum absolute atomic E-state index is 0.0359. The number of sulfonamides is 1. The van der Waals surface area contributed by atoms with Gasteiger partial charge in [0.1, 0.15) is 0 Å². The lowest BCUT2D eigenvalue weighted by atomic mass is 10.1. The molecule has 8 nitrogen and oxygen atoms in total. The van der Waals surface area contributed by atoms with E-state index in [0.29, 0.717) is 36.3 Å². The second-order valence-corrected chi connectivity index (χ2v) is 10.3. The van der Waals surface area contributed by atoms with Crippen LogP contribution in [-0.4, -0.2) is 75.6 Å². The van der Waals surface area contributed by atoms with E-state index in [9.17, 15) is 18.0 Å². The third-order valence-electron chi connectivity index (χ3n) is 5.96. The Hall–Kier alpha value is -2.91. The van der Waals surface area contributed by atoms with Crippen LogP contribution in [0.25, 0.3) is 0 Å². The zero-order valence-electron chi connectivity index (χ0n) is 18.2. The number of benzene rings is 2. The maximum absolute atomic E-state index is 12.6. The summed E-state index contributed by atoms with van der Waals surface area (Å²) < 4.78 is 25.4. The molecule has 0 unspecified atom stereocenters. The van der Waals surface area contributed by atoms with Crippen molar-refractivity contribution in [1.82, 2.24) is 15.1 Å². The highest BCUT2D eigenvalue weighted by Gasteiger charge is 2.28. The molecule has 0 atom stereocenters. The van der Waals surface area contributed by atoms with Crippen molar-refractivity contribution >= 4 is 27.5 Å². The Morgan fingerprint density at radius 1 is 0.875 bits per heavy atom. The molecule has 2 amide bonds. The lowest BCUT2D eigenvalue weighted by molar-refractivity contribution is 0.0664. The van der Waals surface area contributed by atoms with Gasteiger partial charge in [-0.2, -0.15) is 0 Å². The van der Waals surface area contributed by atoms with E-state index in [2.05, 4.69) is 17.3 Å². The van der Waals surface area contributed by atoms with Crippen LogP contribution in [0.2, 0.25) is 0 Å². The quantitative estimate of drug-likeness (QED) is 0.737. The summed E-state index contributed by atoms with van der Waals surface area (Å²) in [6.07, 6.45) is 0.615. The lowest BCUT2D eigenvalue weighted by Crippen LogP contribution is -2.47. The highest BCUT2D eigenvalue weighted by Crippen LogP contribution is 2.24. The van der Waals surface area contributed by atoms with Gasteiger partial charge >= 0.3 is 0 Å². The molecule has 2 aromatic rings. The van der Waals surface area contributed by atoms with Gasteiger partial charge in [-0.1, -0.05) is 12.1 Å². The average molecular weight is 457 g/mol. The van der Waals surface area contributed by atoms with Crippen LogP contribution in [0.15, 0.2) is 48.5 Å². The molecule has 4 rings (SSSR count). The molecule has 0 saturated carbocycles. The summed E-state index contributed by atoms with van der Waals surface area (Å²) in [7, 11) is -1.18. The number of nitrogens with zero attached hydrogens (tertiary/aromatic N) is 3. The number of hydrogen-bond acceptors (Lipinski definition) is 5. The molecule has 170 valence electrons. The van der Waals surface area contributed by atoms with Gasteiger partial charge in [0, 0.05) is 50.4 Å². The van der Waals surface area contributed by atoms with Crippen molar-refractivity contribution in [2.45, 2.75) is 13.0 Å². The molecule has 2 fully saturated rings. The molecule has 2 aromatic carbocycles. The van der Waals surface area contributed by atoms with Crippen LogP contribution in [0, 0.1) is 0 Å². The summed E-state index contributed by atoms with van der Waals surface area (Å²) in [6.45, 7) is 4.03. The molecule has 0 radical (unpaired) electrons. The maximum Gasteiger partial charge on any atom is 0.253 e. The van der Waals surface area contributed by atoms with Gasteiger partial charge in [-0.05, 0) is 55.4 Å². The zero-order chi connectivity index (χ0) is 22.7. The fourth-order valence-electron chi connectivity index (χ4n) is 3.95. The van der Waals surface area contributed by atoms with Crippen LogP contribution < -0.4 is 9.62 Å². The van der Waals surface area contributed by atoms with E-state index in [1.165, 1.54) is 4.31 Å². The van der Waals surface area contributed by atoms with Gasteiger partial charge in [0.05, 0.1) is 11.4 Å². The molecule has 2 saturated heterocycles. The van der Waals surface area contributed by atoms with E-state index in [-0.39, 0.29) is 17.6 Å². The van der Waals surface area contributed by atoms with E-state index in [0.717, 1.165) is 31.7 Å². The largest absolute Gasteiger partial charge is 0.348 e. The van der Waals surface area contributed by atoms with Crippen LogP contribution in [0.4, 0.5) is 5.69 Å². The SMILES string of the molecule is CN1CCN(C(=O)c2ccc(CNC(=O)c3ccc(N4CCCS4(=O)=O)cc3)cc2)CC1. The number of hydrogen-bond donors (Lipinski definition) is 1. The second-order valence-electron chi connectivity index (χ2n) is 8.26. The first-order valence-corrected chi connectivity index (χ1v) is 12.4. The van der Waals surface area contributed by atoms with Gasteiger partial charge in [-0.25, -0.2) is 8.42 Å². The topological polar surface area (TPSA) is 90.0 Å². The number of piperazine rings is 1. The van der Waals surface area contributed by atoms with Crippen molar-refractivity contribution < 1.29 is 18.0 Å². The number of nitrogens with one attached hydrogen (secondary N) is 1. The minimum atomic E-state index is -3.24. The molecule has 9 heteroatoms. The molecule has 32 heavy (non-hydrogen) atoms. The van der Waals surface area contributed by atoms with Crippen molar-refractivity contribution in [3.8, 4) is 0 Å². The van der Waals surface area contributed by atoms with Crippen molar-refractivity contribution in [2.24, 2.45) is 0 Å². The maximum atomic E-state index is 12.6. The molecule has 0 aromatic heterocycles. The third-order valence-corrected chi connectivity index (χ3v) is 7.83. The van der Waals surface area contributed by atoms with Crippen molar-refractivity contribution in [3.05, 3.63) is 65.2 Å². The van der Waals surface area contributed by atoms with E-state index < -0.39 is 10.0 Å². The van der Waals surface area contributed by atoms with E-state index >= 15 is 0 Å². The van der Waals surface area contributed by atoms with Crippen molar-refractivity contribution in [1.29, 1.82) is 0 Å². The van der Waals surface area contributed by atoms with Crippen LogP contribution in [0.1, 0.15) is 32.7 Å². The summed E-state index contributed by atoms with van der Waals surface area (Å²) in [5.41, 5.74) is 2.59. The minimum Gasteiger partial charge on any atom is -0.348 e. The summed E-state index contributed by atoms with van der Waals surface area (Å²) in [4.78, 5) is 29.2. The van der Waals surface area contributed by atoms with E-state index in [1.807, 2.05) is 17.0 Å². The Balaban J connectivity index is 1.31. The molecular weight excluding hydrogens is 428 g/mol. The summed E-state index contributed by atoms with van der Waals surface area (Å²) >= 11 is 0. The molecular formula is C23H28N4O4S. The number of anilines is 1. The first kappa shape index (κ1) is 22.3. The Bertz CT molecular complexity index is 1080. The van der Waals surface area contributed by atoms with Gasteiger partial charge in [0.25, 0.3) is 11.8 Å². The number of carbonyl (C=O) groups is 2.